The minimum atomic E-state index is -0.219. The van der Waals surface area contributed by atoms with Gasteiger partial charge in [0.2, 0.25) is 11.8 Å². The lowest BCUT2D eigenvalue weighted by molar-refractivity contribution is -0.122. The zero-order valence-electron chi connectivity index (χ0n) is 20.5. The first-order valence-corrected chi connectivity index (χ1v) is 12.3. The van der Waals surface area contributed by atoms with Gasteiger partial charge in [-0.3, -0.25) is 9.59 Å². The molecule has 0 aliphatic carbocycles. The van der Waals surface area contributed by atoms with E-state index in [-0.39, 0.29) is 18.0 Å². The molecule has 184 valence electrons. The highest BCUT2D eigenvalue weighted by atomic mass is 16.5. The molecule has 5 rings (SSSR count). The highest BCUT2D eigenvalue weighted by Crippen LogP contribution is 2.42. The molecule has 0 radical (unpaired) electrons. The summed E-state index contributed by atoms with van der Waals surface area (Å²) in [6.45, 7) is 4.82. The number of para-hydroxylation sites is 1. The molecule has 1 aromatic heterocycles. The monoisotopic (exact) mass is 483 g/mol. The fraction of sp³-hybridized carbons (Fsp3) is 0.241. The van der Waals surface area contributed by atoms with Gasteiger partial charge in [0.1, 0.15) is 6.54 Å². The van der Waals surface area contributed by atoms with Gasteiger partial charge >= 0.3 is 0 Å². The lowest BCUT2D eigenvalue weighted by atomic mass is 10.0. The van der Waals surface area contributed by atoms with E-state index in [9.17, 15) is 9.59 Å². The summed E-state index contributed by atoms with van der Waals surface area (Å²) in [6.07, 6.45) is 1.29. The van der Waals surface area contributed by atoms with E-state index in [2.05, 4.69) is 12.2 Å². The summed E-state index contributed by atoms with van der Waals surface area (Å²) < 4.78 is 15.3. The number of hydrogen-bond acceptors (Lipinski definition) is 4. The molecule has 1 aliphatic heterocycles. The second kappa shape index (κ2) is 10.2. The number of carbonyl (C=O) groups excluding carboxylic acids is 1. The van der Waals surface area contributed by atoms with Crippen LogP contribution in [0.3, 0.4) is 0 Å². The molecule has 0 spiro atoms. The molecule has 0 atom stereocenters. The number of nitrogens with one attached hydrogen (secondary N) is 1. The van der Waals surface area contributed by atoms with Crippen LogP contribution in [-0.2, 0) is 30.7 Å². The molecular formula is C29H29N3O4. The van der Waals surface area contributed by atoms with Crippen molar-refractivity contribution in [3.63, 3.8) is 0 Å². The molecule has 1 amide bonds. The molecule has 2 heterocycles. The van der Waals surface area contributed by atoms with Gasteiger partial charge in [-0.15, -0.1) is 0 Å². The van der Waals surface area contributed by atoms with Crippen molar-refractivity contribution in [2.24, 2.45) is 0 Å². The number of aromatic nitrogens is 2. The van der Waals surface area contributed by atoms with Crippen LogP contribution in [-0.4, -0.2) is 21.9 Å². The van der Waals surface area contributed by atoms with Crippen molar-refractivity contribution < 1.29 is 14.3 Å². The van der Waals surface area contributed by atoms with Crippen LogP contribution in [0, 0.1) is 0 Å². The van der Waals surface area contributed by atoms with Crippen LogP contribution >= 0.6 is 0 Å². The van der Waals surface area contributed by atoms with Crippen molar-refractivity contribution in [2.45, 2.75) is 39.8 Å². The Labute approximate surface area is 209 Å². The standard InChI is InChI=1S/C29H29N3O4/c1-3-20-13-15-23(16-14-20)32-28(34)24-17-22-11-8-12-25(35-4-2)27(22)36-29(24)31(32)19-26(33)30-18-21-9-6-5-7-10-21/h5-16H,3-4,17-19H2,1-2H3,(H,30,33). The number of ether oxygens (including phenoxy) is 2. The summed E-state index contributed by atoms with van der Waals surface area (Å²) >= 11 is 0. The second-order valence-electron chi connectivity index (χ2n) is 8.70. The molecular weight excluding hydrogens is 454 g/mol. The van der Waals surface area contributed by atoms with E-state index < -0.39 is 0 Å². The van der Waals surface area contributed by atoms with Crippen LogP contribution in [0.4, 0.5) is 0 Å². The molecule has 1 N–H and O–H groups in total. The van der Waals surface area contributed by atoms with Crippen molar-refractivity contribution in [3.8, 4) is 23.1 Å². The number of fused-ring (bicyclic) bond motifs is 2. The summed E-state index contributed by atoms with van der Waals surface area (Å²) in [5.74, 6) is 1.36. The molecule has 4 aromatic rings. The van der Waals surface area contributed by atoms with Crippen LogP contribution < -0.4 is 20.3 Å². The molecule has 3 aromatic carbocycles. The van der Waals surface area contributed by atoms with Crippen LogP contribution in [0.25, 0.3) is 5.69 Å². The van der Waals surface area contributed by atoms with Gasteiger partial charge in [0.15, 0.2) is 11.5 Å². The fourth-order valence-electron chi connectivity index (χ4n) is 4.47. The topological polar surface area (TPSA) is 74.5 Å². The summed E-state index contributed by atoms with van der Waals surface area (Å²) in [7, 11) is 0. The molecule has 0 fully saturated rings. The highest BCUT2D eigenvalue weighted by Gasteiger charge is 2.30. The van der Waals surface area contributed by atoms with Gasteiger partial charge in [0.25, 0.3) is 5.56 Å². The van der Waals surface area contributed by atoms with E-state index in [0.717, 1.165) is 17.5 Å². The van der Waals surface area contributed by atoms with E-state index in [1.165, 1.54) is 5.56 Å². The smallest absolute Gasteiger partial charge is 0.278 e. The molecule has 7 heteroatoms. The summed E-state index contributed by atoms with van der Waals surface area (Å²) in [6, 6.07) is 23.2. The third-order valence-electron chi connectivity index (χ3n) is 6.33. The average Bonchev–Trinajstić information content (AvgIpc) is 3.17. The highest BCUT2D eigenvalue weighted by molar-refractivity contribution is 5.76. The first-order chi connectivity index (χ1) is 17.6. The van der Waals surface area contributed by atoms with E-state index in [1.54, 1.807) is 9.36 Å². The lowest BCUT2D eigenvalue weighted by Gasteiger charge is -2.21. The number of rotatable bonds is 8. The average molecular weight is 484 g/mol. The van der Waals surface area contributed by atoms with Gasteiger partial charge in [-0.1, -0.05) is 61.5 Å². The van der Waals surface area contributed by atoms with Crippen molar-refractivity contribution in [1.29, 1.82) is 0 Å². The predicted molar refractivity (Wildman–Crippen MR) is 138 cm³/mol. The number of hydrogen-bond donors (Lipinski definition) is 1. The maximum absolute atomic E-state index is 13.7. The minimum Gasteiger partial charge on any atom is -0.490 e. The zero-order valence-corrected chi connectivity index (χ0v) is 20.5. The maximum Gasteiger partial charge on any atom is 0.278 e. The molecule has 0 saturated heterocycles. The van der Waals surface area contributed by atoms with E-state index in [4.69, 9.17) is 9.47 Å². The zero-order chi connectivity index (χ0) is 25.1. The Kier molecular flexibility index (Phi) is 6.62. The molecule has 1 aliphatic rings. The molecule has 0 bridgehead atoms. The number of carbonyl (C=O) groups is 1. The van der Waals surface area contributed by atoms with E-state index in [0.29, 0.717) is 48.2 Å². The van der Waals surface area contributed by atoms with Gasteiger partial charge in [0, 0.05) is 18.5 Å². The largest absolute Gasteiger partial charge is 0.490 e. The minimum absolute atomic E-state index is 0.0704. The number of aryl methyl sites for hydroxylation is 1. The number of nitrogens with zero attached hydrogens (tertiary/aromatic N) is 2. The number of benzene rings is 3. The van der Waals surface area contributed by atoms with Gasteiger partial charge in [-0.25, -0.2) is 9.36 Å². The Morgan fingerprint density at radius 3 is 2.47 bits per heavy atom. The SMILES string of the molecule is CCOc1cccc2c1Oc1c(c(=O)n(-c3ccc(CC)cc3)n1CC(=O)NCc1ccccc1)C2. The van der Waals surface area contributed by atoms with Crippen LogP contribution in [0.15, 0.2) is 77.6 Å². The molecule has 36 heavy (non-hydrogen) atoms. The van der Waals surface area contributed by atoms with E-state index >= 15 is 0 Å². The quantitative estimate of drug-likeness (QED) is 0.350. The Bertz CT molecular complexity index is 1440. The summed E-state index contributed by atoms with van der Waals surface area (Å²) in [5, 5.41) is 2.96. The third kappa shape index (κ3) is 4.52. The van der Waals surface area contributed by atoms with Crippen molar-refractivity contribution in [1.82, 2.24) is 14.7 Å². The molecule has 7 nitrogen and oxygen atoms in total. The first-order valence-electron chi connectivity index (χ1n) is 12.3. The predicted octanol–water partition coefficient (Wildman–Crippen LogP) is 4.61. The van der Waals surface area contributed by atoms with E-state index in [1.807, 2.05) is 79.7 Å². The number of amides is 1. The Balaban J connectivity index is 1.54. The lowest BCUT2D eigenvalue weighted by Crippen LogP contribution is -2.31. The van der Waals surface area contributed by atoms with Gasteiger partial charge in [-0.2, -0.15) is 0 Å². The summed E-state index contributed by atoms with van der Waals surface area (Å²) in [4.78, 5) is 26.7. The van der Waals surface area contributed by atoms with Crippen LogP contribution in [0.5, 0.6) is 17.4 Å². The fourth-order valence-corrected chi connectivity index (χ4v) is 4.47. The Morgan fingerprint density at radius 2 is 1.75 bits per heavy atom. The van der Waals surface area contributed by atoms with Crippen LogP contribution in [0.1, 0.15) is 36.1 Å². The third-order valence-corrected chi connectivity index (χ3v) is 6.33. The molecule has 0 saturated carbocycles. The van der Waals surface area contributed by atoms with Crippen molar-refractivity contribution >= 4 is 5.91 Å². The second-order valence-corrected chi connectivity index (χ2v) is 8.70. The Hall–Kier alpha value is -4.26. The van der Waals surface area contributed by atoms with Gasteiger partial charge < -0.3 is 14.8 Å². The van der Waals surface area contributed by atoms with Crippen molar-refractivity contribution in [3.05, 3.63) is 105 Å². The van der Waals surface area contributed by atoms with Gasteiger partial charge in [0.05, 0.1) is 17.9 Å². The maximum atomic E-state index is 13.7. The van der Waals surface area contributed by atoms with Crippen LogP contribution in [0.2, 0.25) is 0 Å². The van der Waals surface area contributed by atoms with Crippen molar-refractivity contribution in [2.75, 3.05) is 6.61 Å². The Morgan fingerprint density at radius 1 is 0.972 bits per heavy atom. The summed E-state index contributed by atoms with van der Waals surface area (Å²) in [5.41, 5.74) is 4.05. The van der Waals surface area contributed by atoms with Gasteiger partial charge in [-0.05, 0) is 42.7 Å². The molecule has 0 unspecified atom stereocenters. The first kappa shape index (κ1) is 23.5. The normalized spacial score (nSPS) is 11.8.